The van der Waals surface area contributed by atoms with E-state index in [-0.39, 0.29) is 13.2 Å². The molecular weight excluding hydrogens is 274 g/mol. The Morgan fingerprint density at radius 1 is 1.40 bits per heavy atom. The largest absolute Gasteiger partial charge is 0.493 e. The van der Waals surface area contributed by atoms with Crippen molar-refractivity contribution in [2.75, 3.05) is 31.4 Å². The molecule has 1 saturated heterocycles. The molecule has 1 aliphatic heterocycles. The molecule has 0 saturated carbocycles. The van der Waals surface area contributed by atoms with E-state index in [0.717, 1.165) is 5.69 Å². The first-order chi connectivity index (χ1) is 9.74. The summed E-state index contributed by atoms with van der Waals surface area (Å²) >= 11 is 2.02. The topological polar surface area (TPSA) is 50.7 Å². The Morgan fingerprint density at radius 2 is 2.25 bits per heavy atom. The number of benzene rings is 1. The smallest absolute Gasteiger partial charge is 0.163 e. The zero-order valence-corrected chi connectivity index (χ0v) is 12.9. The third-order valence-corrected chi connectivity index (χ3v) is 4.85. The molecule has 0 spiro atoms. The second-order valence-electron chi connectivity index (χ2n) is 4.91. The van der Waals surface area contributed by atoms with Gasteiger partial charge in [-0.1, -0.05) is 6.92 Å². The standard InChI is InChI=1S/C15H23NO3S/c1-11-13(4-3-9-20-11)16-12-5-6-14(18-2)15(10-12)19-8-7-17/h5-6,10-11,13,16-17H,3-4,7-9H2,1-2H3. The molecular formula is C15H23NO3S. The molecule has 0 aromatic heterocycles. The molecule has 1 aliphatic rings. The average molecular weight is 297 g/mol. The van der Waals surface area contributed by atoms with E-state index in [4.69, 9.17) is 14.6 Å². The molecule has 1 heterocycles. The second-order valence-corrected chi connectivity index (χ2v) is 6.39. The fourth-order valence-corrected chi connectivity index (χ4v) is 3.50. The minimum absolute atomic E-state index is 0.00287. The zero-order valence-electron chi connectivity index (χ0n) is 12.1. The number of hydrogen-bond donors (Lipinski definition) is 2. The summed E-state index contributed by atoms with van der Waals surface area (Å²) in [6.07, 6.45) is 2.46. The predicted octanol–water partition coefficient (Wildman–Crippen LogP) is 2.76. The van der Waals surface area contributed by atoms with Crippen LogP contribution in [-0.4, -0.2) is 42.5 Å². The summed E-state index contributed by atoms with van der Waals surface area (Å²) in [6.45, 7) is 2.54. The molecule has 2 atom stereocenters. The van der Waals surface area contributed by atoms with Crippen LogP contribution in [0.15, 0.2) is 18.2 Å². The van der Waals surface area contributed by atoms with Crippen LogP contribution in [0.4, 0.5) is 5.69 Å². The van der Waals surface area contributed by atoms with Gasteiger partial charge in [0, 0.05) is 23.0 Å². The van der Waals surface area contributed by atoms with Crippen LogP contribution in [0, 0.1) is 0 Å². The highest BCUT2D eigenvalue weighted by atomic mass is 32.2. The fourth-order valence-electron chi connectivity index (χ4n) is 2.36. The van der Waals surface area contributed by atoms with E-state index in [1.54, 1.807) is 7.11 Å². The molecule has 5 heteroatoms. The van der Waals surface area contributed by atoms with Crippen LogP contribution >= 0.6 is 11.8 Å². The molecule has 20 heavy (non-hydrogen) atoms. The Labute approximate surface area is 124 Å². The van der Waals surface area contributed by atoms with Crippen molar-refractivity contribution in [1.29, 1.82) is 0 Å². The van der Waals surface area contributed by atoms with Gasteiger partial charge in [0.25, 0.3) is 0 Å². The van der Waals surface area contributed by atoms with Crippen molar-refractivity contribution in [3.05, 3.63) is 18.2 Å². The van der Waals surface area contributed by atoms with E-state index in [1.807, 2.05) is 30.0 Å². The number of aliphatic hydroxyl groups excluding tert-OH is 1. The molecule has 2 N–H and O–H groups in total. The molecule has 1 aromatic rings. The molecule has 0 radical (unpaired) electrons. The maximum atomic E-state index is 8.87. The summed E-state index contributed by atoms with van der Waals surface area (Å²) in [5.41, 5.74) is 1.04. The molecule has 0 amide bonds. The van der Waals surface area contributed by atoms with E-state index in [1.165, 1.54) is 18.6 Å². The maximum absolute atomic E-state index is 8.87. The quantitative estimate of drug-likeness (QED) is 0.845. The summed E-state index contributed by atoms with van der Waals surface area (Å²) in [6, 6.07) is 6.35. The fraction of sp³-hybridized carbons (Fsp3) is 0.600. The van der Waals surface area contributed by atoms with Crippen molar-refractivity contribution >= 4 is 17.4 Å². The highest BCUT2D eigenvalue weighted by Crippen LogP contribution is 2.33. The van der Waals surface area contributed by atoms with Crippen LogP contribution in [-0.2, 0) is 0 Å². The number of anilines is 1. The van der Waals surface area contributed by atoms with Gasteiger partial charge in [0.1, 0.15) is 6.61 Å². The first kappa shape index (κ1) is 15.3. The Kier molecular flexibility index (Phi) is 5.86. The Hall–Kier alpha value is -1.07. The van der Waals surface area contributed by atoms with Gasteiger partial charge in [-0.05, 0) is 30.7 Å². The van der Waals surface area contributed by atoms with Gasteiger partial charge in [0.05, 0.1) is 13.7 Å². The Bertz CT molecular complexity index is 428. The van der Waals surface area contributed by atoms with Crippen LogP contribution in [0.3, 0.4) is 0 Å². The monoisotopic (exact) mass is 297 g/mol. The van der Waals surface area contributed by atoms with Gasteiger partial charge in [-0.2, -0.15) is 11.8 Å². The zero-order chi connectivity index (χ0) is 14.4. The number of aliphatic hydroxyl groups is 1. The number of hydrogen-bond acceptors (Lipinski definition) is 5. The van der Waals surface area contributed by atoms with E-state index >= 15 is 0 Å². The van der Waals surface area contributed by atoms with Gasteiger partial charge in [-0.15, -0.1) is 0 Å². The first-order valence-electron chi connectivity index (χ1n) is 7.04. The Morgan fingerprint density at radius 3 is 2.95 bits per heavy atom. The van der Waals surface area contributed by atoms with Crippen molar-refractivity contribution in [2.45, 2.75) is 31.1 Å². The highest BCUT2D eigenvalue weighted by Gasteiger charge is 2.21. The minimum Gasteiger partial charge on any atom is -0.493 e. The SMILES string of the molecule is COc1ccc(NC2CCCSC2C)cc1OCCO. The summed E-state index contributed by atoms with van der Waals surface area (Å²) in [7, 11) is 1.62. The van der Waals surface area contributed by atoms with Crippen molar-refractivity contribution in [3.8, 4) is 11.5 Å². The molecule has 0 bridgehead atoms. The summed E-state index contributed by atoms with van der Waals surface area (Å²) in [4.78, 5) is 0. The van der Waals surface area contributed by atoms with E-state index < -0.39 is 0 Å². The Balaban J connectivity index is 2.07. The third-order valence-electron chi connectivity index (χ3n) is 3.47. The molecule has 4 nitrogen and oxygen atoms in total. The van der Waals surface area contributed by atoms with Crippen molar-refractivity contribution in [3.63, 3.8) is 0 Å². The summed E-state index contributed by atoms with van der Waals surface area (Å²) in [5.74, 6) is 2.62. The highest BCUT2D eigenvalue weighted by molar-refractivity contribution is 8.00. The van der Waals surface area contributed by atoms with E-state index in [2.05, 4.69) is 12.2 Å². The summed E-state index contributed by atoms with van der Waals surface area (Å²) < 4.78 is 10.8. The average Bonchev–Trinajstić information content (AvgIpc) is 2.47. The van der Waals surface area contributed by atoms with Crippen molar-refractivity contribution in [2.24, 2.45) is 0 Å². The van der Waals surface area contributed by atoms with Crippen LogP contribution in [0.25, 0.3) is 0 Å². The van der Waals surface area contributed by atoms with E-state index in [9.17, 15) is 0 Å². The second kappa shape index (κ2) is 7.64. The van der Waals surface area contributed by atoms with E-state index in [0.29, 0.717) is 22.8 Å². The number of ether oxygens (including phenoxy) is 2. The van der Waals surface area contributed by atoms with Crippen LogP contribution in [0.5, 0.6) is 11.5 Å². The summed E-state index contributed by atoms with van der Waals surface area (Å²) in [5, 5.41) is 13.1. The van der Waals surface area contributed by atoms with Gasteiger partial charge < -0.3 is 19.9 Å². The molecule has 2 unspecified atom stereocenters. The minimum atomic E-state index is -0.00287. The van der Waals surface area contributed by atoms with Gasteiger partial charge in [-0.3, -0.25) is 0 Å². The van der Waals surface area contributed by atoms with Crippen LogP contribution < -0.4 is 14.8 Å². The van der Waals surface area contributed by atoms with Crippen LogP contribution in [0.1, 0.15) is 19.8 Å². The number of thioether (sulfide) groups is 1. The van der Waals surface area contributed by atoms with Gasteiger partial charge in [0.2, 0.25) is 0 Å². The lowest BCUT2D eigenvalue weighted by Crippen LogP contribution is -2.32. The number of methoxy groups -OCH3 is 1. The lowest BCUT2D eigenvalue weighted by molar-refractivity contribution is 0.196. The number of nitrogens with one attached hydrogen (secondary N) is 1. The van der Waals surface area contributed by atoms with Gasteiger partial charge in [0.15, 0.2) is 11.5 Å². The van der Waals surface area contributed by atoms with Crippen molar-refractivity contribution in [1.82, 2.24) is 0 Å². The molecule has 2 rings (SSSR count). The van der Waals surface area contributed by atoms with Crippen LogP contribution in [0.2, 0.25) is 0 Å². The molecule has 0 aliphatic carbocycles. The molecule has 1 fully saturated rings. The molecule has 1 aromatic carbocycles. The first-order valence-corrected chi connectivity index (χ1v) is 8.09. The van der Waals surface area contributed by atoms with Gasteiger partial charge >= 0.3 is 0 Å². The van der Waals surface area contributed by atoms with Crippen molar-refractivity contribution < 1.29 is 14.6 Å². The lowest BCUT2D eigenvalue weighted by atomic mass is 10.1. The lowest BCUT2D eigenvalue weighted by Gasteiger charge is -2.30. The number of rotatable bonds is 6. The molecule has 112 valence electrons. The third kappa shape index (κ3) is 3.96. The normalized spacial score (nSPS) is 22.4. The predicted molar refractivity (Wildman–Crippen MR) is 84.1 cm³/mol. The van der Waals surface area contributed by atoms with Gasteiger partial charge in [-0.25, -0.2) is 0 Å². The maximum Gasteiger partial charge on any atom is 0.163 e.